The molecule has 0 aliphatic heterocycles. The Hall–Kier alpha value is -0.710. The second kappa shape index (κ2) is 7.27. The molecule has 2 aromatic rings. The van der Waals surface area contributed by atoms with Crippen molar-refractivity contribution in [2.75, 3.05) is 0 Å². The Kier molecular flexibility index (Phi) is 5.07. The number of nitrogens with zero attached hydrogens (tertiary/aromatic N) is 3. The lowest BCUT2D eigenvalue weighted by Crippen LogP contribution is -2.16. The first-order valence-electron chi connectivity index (χ1n) is 8.74. The number of thioether (sulfide) groups is 1. The molecule has 128 valence electrons. The predicted octanol–water partition coefficient (Wildman–Crippen LogP) is 6.26. The van der Waals surface area contributed by atoms with Gasteiger partial charge in [0.25, 0.3) is 0 Å². The van der Waals surface area contributed by atoms with Crippen molar-refractivity contribution in [1.29, 1.82) is 0 Å². The lowest BCUT2D eigenvalue weighted by Gasteiger charge is -2.25. The van der Waals surface area contributed by atoms with Crippen molar-refractivity contribution in [3.63, 3.8) is 0 Å². The summed E-state index contributed by atoms with van der Waals surface area (Å²) in [6.07, 6.45) is 9.07. The van der Waals surface area contributed by atoms with E-state index >= 15 is 0 Å². The van der Waals surface area contributed by atoms with Crippen LogP contribution in [-0.2, 0) is 5.75 Å². The Bertz CT molecular complexity index is 721. The van der Waals surface area contributed by atoms with Gasteiger partial charge in [-0.3, -0.25) is 0 Å². The normalized spacial score (nSPS) is 18.9. The minimum absolute atomic E-state index is 0.584. The Morgan fingerprint density at radius 3 is 2.50 bits per heavy atom. The fourth-order valence-electron chi connectivity index (χ4n) is 3.47. The van der Waals surface area contributed by atoms with Crippen LogP contribution in [0.4, 0.5) is 0 Å². The first-order valence-corrected chi connectivity index (χ1v) is 10.5. The molecule has 2 aliphatic rings. The van der Waals surface area contributed by atoms with E-state index < -0.39 is 0 Å². The van der Waals surface area contributed by atoms with Crippen molar-refractivity contribution in [3.8, 4) is 0 Å². The zero-order valence-electron chi connectivity index (χ0n) is 13.5. The van der Waals surface area contributed by atoms with Gasteiger partial charge in [0.05, 0.1) is 10.0 Å². The predicted molar refractivity (Wildman–Crippen MR) is 100 cm³/mol. The topological polar surface area (TPSA) is 30.7 Å². The van der Waals surface area contributed by atoms with Crippen LogP contribution in [0.3, 0.4) is 0 Å². The molecule has 3 nitrogen and oxygen atoms in total. The maximum absolute atomic E-state index is 6.13. The Labute approximate surface area is 157 Å². The van der Waals surface area contributed by atoms with Gasteiger partial charge in [0.2, 0.25) is 0 Å². The molecule has 0 atom stereocenters. The number of hydrogen-bond acceptors (Lipinski definition) is 3. The average molecular weight is 382 g/mol. The van der Waals surface area contributed by atoms with E-state index in [9.17, 15) is 0 Å². The van der Waals surface area contributed by atoms with Crippen LogP contribution in [0.2, 0.25) is 10.0 Å². The van der Waals surface area contributed by atoms with E-state index in [-0.39, 0.29) is 0 Å². The zero-order chi connectivity index (χ0) is 16.5. The van der Waals surface area contributed by atoms with Crippen LogP contribution in [0, 0.1) is 0 Å². The molecule has 0 saturated heterocycles. The maximum atomic E-state index is 6.13. The highest BCUT2D eigenvalue weighted by atomic mass is 35.5. The lowest BCUT2D eigenvalue weighted by molar-refractivity contribution is 0.329. The molecule has 1 aromatic carbocycles. The van der Waals surface area contributed by atoms with E-state index in [0.717, 1.165) is 10.9 Å². The maximum Gasteiger partial charge on any atom is 0.191 e. The van der Waals surface area contributed by atoms with Gasteiger partial charge in [-0.25, -0.2) is 0 Å². The lowest BCUT2D eigenvalue weighted by atomic mass is 9.95. The molecule has 2 aliphatic carbocycles. The average Bonchev–Trinajstić information content (AvgIpc) is 3.36. The third-order valence-corrected chi connectivity index (χ3v) is 6.68. The molecule has 1 heterocycles. The molecule has 1 aromatic heterocycles. The highest BCUT2D eigenvalue weighted by Gasteiger charge is 2.33. The van der Waals surface area contributed by atoms with Gasteiger partial charge in [-0.1, -0.05) is 60.3 Å². The summed E-state index contributed by atoms with van der Waals surface area (Å²) < 4.78 is 2.46. The van der Waals surface area contributed by atoms with Crippen LogP contribution in [0.15, 0.2) is 23.4 Å². The smallest absolute Gasteiger partial charge is 0.191 e. The van der Waals surface area contributed by atoms with E-state index in [1.165, 1.54) is 56.3 Å². The monoisotopic (exact) mass is 381 g/mol. The summed E-state index contributed by atoms with van der Waals surface area (Å²) in [4.78, 5) is 0. The van der Waals surface area contributed by atoms with Gasteiger partial charge in [-0.2, -0.15) is 0 Å². The van der Waals surface area contributed by atoms with Crippen LogP contribution in [0.25, 0.3) is 0 Å². The van der Waals surface area contributed by atoms with Crippen molar-refractivity contribution in [2.45, 2.75) is 67.8 Å². The summed E-state index contributed by atoms with van der Waals surface area (Å²) in [7, 11) is 0. The minimum atomic E-state index is 0.584. The number of aromatic nitrogens is 3. The molecule has 0 bridgehead atoms. The van der Waals surface area contributed by atoms with Gasteiger partial charge in [-0.15, -0.1) is 10.2 Å². The fraction of sp³-hybridized carbons (Fsp3) is 0.556. The molecule has 0 radical (unpaired) electrons. The van der Waals surface area contributed by atoms with Crippen LogP contribution in [0.5, 0.6) is 0 Å². The van der Waals surface area contributed by atoms with Gasteiger partial charge >= 0.3 is 0 Å². The molecule has 4 rings (SSSR count). The van der Waals surface area contributed by atoms with Crippen molar-refractivity contribution in [3.05, 3.63) is 39.6 Å². The largest absolute Gasteiger partial charge is 0.303 e. The summed E-state index contributed by atoms with van der Waals surface area (Å²) in [6, 6.07) is 6.42. The molecule has 0 unspecified atom stereocenters. The highest BCUT2D eigenvalue weighted by molar-refractivity contribution is 7.98. The third kappa shape index (κ3) is 3.61. The second-order valence-electron chi connectivity index (χ2n) is 6.81. The Morgan fingerprint density at radius 1 is 1.00 bits per heavy atom. The molecular weight excluding hydrogens is 361 g/mol. The van der Waals surface area contributed by atoms with Gasteiger partial charge in [-0.05, 0) is 43.4 Å². The molecule has 24 heavy (non-hydrogen) atoms. The number of rotatable bonds is 5. The second-order valence-corrected chi connectivity index (χ2v) is 8.57. The SMILES string of the molecule is Clc1ccc(CSc2nnc(C3CC3)n2C2CCCCC2)cc1Cl. The number of halogens is 2. The van der Waals surface area contributed by atoms with Gasteiger partial charge in [0.1, 0.15) is 5.82 Å². The van der Waals surface area contributed by atoms with Crippen molar-refractivity contribution < 1.29 is 0 Å². The molecule has 2 saturated carbocycles. The first kappa shape index (κ1) is 16.7. The van der Waals surface area contributed by atoms with E-state index in [2.05, 4.69) is 14.8 Å². The number of hydrogen-bond donors (Lipinski definition) is 0. The van der Waals surface area contributed by atoms with Crippen LogP contribution in [-0.4, -0.2) is 14.8 Å². The van der Waals surface area contributed by atoms with Gasteiger partial charge in [0, 0.05) is 17.7 Å². The Morgan fingerprint density at radius 2 is 1.79 bits per heavy atom. The number of benzene rings is 1. The quantitative estimate of drug-likeness (QED) is 0.572. The van der Waals surface area contributed by atoms with Crippen LogP contribution in [0.1, 0.15) is 68.3 Å². The molecular formula is C18H21Cl2N3S. The van der Waals surface area contributed by atoms with Crippen molar-refractivity contribution in [1.82, 2.24) is 14.8 Å². The van der Waals surface area contributed by atoms with Crippen molar-refractivity contribution >= 4 is 35.0 Å². The fourth-order valence-corrected chi connectivity index (χ4v) is 4.74. The first-order chi connectivity index (χ1) is 11.7. The summed E-state index contributed by atoms with van der Waals surface area (Å²) >= 11 is 13.9. The summed E-state index contributed by atoms with van der Waals surface area (Å²) in [6.45, 7) is 0. The van der Waals surface area contributed by atoms with Crippen molar-refractivity contribution in [2.24, 2.45) is 0 Å². The molecule has 0 N–H and O–H groups in total. The van der Waals surface area contributed by atoms with Gasteiger partial charge < -0.3 is 4.57 Å². The Balaban J connectivity index is 1.54. The van der Waals surface area contributed by atoms with Crippen LogP contribution < -0.4 is 0 Å². The molecule has 0 amide bonds. The molecule has 2 fully saturated rings. The summed E-state index contributed by atoms with van der Waals surface area (Å²) in [5, 5.41) is 11.3. The third-order valence-electron chi connectivity index (χ3n) is 4.93. The summed E-state index contributed by atoms with van der Waals surface area (Å²) in [5.41, 5.74) is 1.17. The zero-order valence-corrected chi connectivity index (χ0v) is 15.9. The van der Waals surface area contributed by atoms with Gasteiger partial charge in [0.15, 0.2) is 5.16 Å². The van der Waals surface area contributed by atoms with E-state index in [1.807, 2.05) is 18.2 Å². The van der Waals surface area contributed by atoms with Crippen LogP contribution >= 0.6 is 35.0 Å². The van der Waals surface area contributed by atoms with E-state index in [0.29, 0.717) is 22.0 Å². The molecule has 6 heteroatoms. The highest BCUT2D eigenvalue weighted by Crippen LogP contribution is 2.43. The summed E-state index contributed by atoms with van der Waals surface area (Å²) in [5.74, 6) is 2.70. The standard InChI is InChI=1S/C18H21Cl2N3S/c19-15-9-6-12(10-16(15)20)11-24-18-22-21-17(13-7-8-13)23(18)14-4-2-1-3-5-14/h6,9-10,13-14H,1-5,7-8,11H2. The van der Waals surface area contributed by atoms with E-state index in [4.69, 9.17) is 23.2 Å². The minimum Gasteiger partial charge on any atom is -0.303 e. The van der Waals surface area contributed by atoms with E-state index in [1.54, 1.807) is 11.8 Å². The molecule has 0 spiro atoms.